The van der Waals surface area contributed by atoms with Crippen molar-refractivity contribution in [1.29, 1.82) is 0 Å². The summed E-state index contributed by atoms with van der Waals surface area (Å²) in [6, 6.07) is 0. The largest absolute Gasteiger partial charge is 0.368 e. The van der Waals surface area contributed by atoms with Crippen LogP contribution in [0.15, 0.2) is 0 Å². The third kappa shape index (κ3) is 1.93. The summed E-state index contributed by atoms with van der Waals surface area (Å²) in [5, 5.41) is 2.77. The zero-order valence-corrected chi connectivity index (χ0v) is 6.62. The minimum Gasteiger partial charge on any atom is -0.368 e. The number of rotatable bonds is 2. The minimum atomic E-state index is -0.696. The van der Waals surface area contributed by atoms with Crippen molar-refractivity contribution in [1.82, 2.24) is 10.2 Å². The van der Waals surface area contributed by atoms with Crippen molar-refractivity contribution in [2.45, 2.75) is 6.17 Å². The van der Waals surface area contributed by atoms with Gasteiger partial charge in [0.1, 0.15) is 6.17 Å². The van der Waals surface area contributed by atoms with E-state index >= 15 is 0 Å². The monoisotopic (exact) mass is 172 g/mol. The van der Waals surface area contributed by atoms with Crippen LogP contribution in [0.4, 0.5) is 0 Å². The van der Waals surface area contributed by atoms with Gasteiger partial charge in [-0.1, -0.05) is 0 Å². The summed E-state index contributed by atoms with van der Waals surface area (Å²) in [4.78, 5) is 23.0. The van der Waals surface area contributed by atoms with Crippen LogP contribution in [0, 0.1) is 0 Å². The molecule has 0 radical (unpaired) electrons. The average Bonchev–Trinajstić information content (AvgIpc) is 1.98. The van der Waals surface area contributed by atoms with Gasteiger partial charge in [0.15, 0.2) is 0 Å². The van der Waals surface area contributed by atoms with Gasteiger partial charge in [-0.2, -0.15) is 0 Å². The van der Waals surface area contributed by atoms with Crippen LogP contribution in [0.3, 0.4) is 0 Å². The molecule has 68 valence electrons. The molecule has 0 bridgehead atoms. The Morgan fingerprint density at radius 2 is 2.42 bits per heavy atom. The van der Waals surface area contributed by atoms with Crippen LogP contribution in [0.5, 0.6) is 0 Å². The second-order valence-electron chi connectivity index (χ2n) is 2.66. The molecule has 0 aliphatic carbocycles. The molecule has 6 nitrogen and oxygen atoms in total. The van der Waals surface area contributed by atoms with Crippen molar-refractivity contribution in [3.05, 3.63) is 0 Å². The Morgan fingerprint density at radius 1 is 1.75 bits per heavy atom. The number of primary amides is 1. The maximum Gasteiger partial charge on any atom is 0.254 e. The van der Waals surface area contributed by atoms with Gasteiger partial charge in [0.05, 0.1) is 6.54 Å². The molecule has 1 rings (SSSR count). The van der Waals surface area contributed by atoms with E-state index in [1.54, 1.807) is 0 Å². The molecule has 1 aliphatic rings. The summed E-state index contributed by atoms with van der Waals surface area (Å²) in [7, 11) is 0. The molecule has 12 heavy (non-hydrogen) atoms. The number of piperazine rings is 1. The zero-order valence-electron chi connectivity index (χ0n) is 6.62. The van der Waals surface area contributed by atoms with Gasteiger partial charge in [-0.05, 0) is 0 Å². The van der Waals surface area contributed by atoms with Crippen molar-refractivity contribution < 1.29 is 9.59 Å². The van der Waals surface area contributed by atoms with Crippen LogP contribution in [0.25, 0.3) is 0 Å². The molecule has 5 N–H and O–H groups in total. The maximum atomic E-state index is 11.2. The summed E-state index contributed by atoms with van der Waals surface area (Å²) in [6.45, 7) is 1.03. The lowest BCUT2D eigenvalue weighted by Crippen LogP contribution is -2.60. The molecule has 0 saturated carbocycles. The van der Waals surface area contributed by atoms with Crippen molar-refractivity contribution in [2.75, 3.05) is 19.6 Å². The summed E-state index contributed by atoms with van der Waals surface area (Å²) < 4.78 is 0. The Hall–Kier alpha value is -1.14. The van der Waals surface area contributed by atoms with E-state index in [1.807, 2.05) is 0 Å². The van der Waals surface area contributed by atoms with E-state index in [-0.39, 0.29) is 12.5 Å². The van der Waals surface area contributed by atoms with E-state index in [9.17, 15) is 9.59 Å². The first-order valence-electron chi connectivity index (χ1n) is 3.67. The lowest BCUT2D eigenvalue weighted by atomic mass is 10.3. The predicted molar refractivity (Wildman–Crippen MR) is 41.8 cm³/mol. The number of nitrogens with one attached hydrogen (secondary N) is 1. The summed E-state index contributed by atoms with van der Waals surface area (Å²) in [5.41, 5.74) is 10.3. The van der Waals surface area contributed by atoms with E-state index in [4.69, 9.17) is 11.5 Å². The topological polar surface area (TPSA) is 101 Å². The Labute approximate surface area is 69.9 Å². The van der Waals surface area contributed by atoms with Crippen molar-refractivity contribution in [3.8, 4) is 0 Å². The molecule has 1 aliphatic heterocycles. The van der Waals surface area contributed by atoms with Gasteiger partial charge in [0.2, 0.25) is 5.91 Å². The van der Waals surface area contributed by atoms with Crippen LogP contribution in [-0.4, -0.2) is 42.5 Å². The van der Waals surface area contributed by atoms with Gasteiger partial charge in [-0.3, -0.25) is 14.9 Å². The number of nitrogens with zero attached hydrogens (tertiary/aromatic N) is 1. The number of hydrogen-bond acceptors (Lipinski definition) is 4. The standard InChI is InChI=1S/C6H12N4O2/c7-4(11)3-10-2-1-9-5(8)6(10)12/h5,9H,1-3,8H2,(H2,7,11). The van der Waals surface area contributed by atoms with Crippen molar-refractivity contribution >= 4 is 11.8 Å². The highest BCUT2D eigenvalue weighted by atomic mass is 16.2. The molecule has 0 aromatic rings. The molecule has 0 aromatic heterocycles. The molecule has 0 spiro atoms. The van der Waals surface area contributed by atoms with Gasteiger partial charge >= 0.3 is 0 Å². The van der Waals surface area contributed by atoms with Gasteiger partial charge in [-0.25, -0.2) is 0 Å². The summed E-state index contributed by atoms with van der Waals surface area (Å²) >= 11 is 0. The molecule has 6 heteroatoms. The lowest BCUT2D eigenvalue weighted by molar-refractivity contribution is -0.138. The third-order valence-corrected chi connectivity index (χ3v) is 1.67. The highest BCUT2D eigenvalue weighted by Gasteiger charge is 2.25. The van der Waals surface area contributed by atoms with E-state index in [2.05, 4.69) is 5.32 Å². The predicted octanol–water partition coefficient (Wildman–Crippen LogP) is -2.81. The van der Waals surface area contributed by atoms with Crippen LogP contribution in [0.1, 0.15) is 0 Å². The van der Waals surface area contributed by atoms with Crippen LogP contribution in [-0.2, 0) is 9.59 Å². The van der Waals surface area contributed by atoms with Crippen molar-refractivity contribution in [2.24, 2.45) is 11.5 Å². The molecule has 0 aromatic carbocycles. The minimum absolute atomic E-state index is 0.0474. The fourth-order valence-corrected chi connectivity index (χ4v) is 1.09. The Balaban J connectivity index is 2.52. The van der Waals surface area contributed by atoms with Crippen LogP contribution < -0.4 is 16.8 Å². The first kappa shape index (κ1) is 8.95. The smallest absolute Gasteiger partial charge is 0.254 e. The molecule has 1 unspecified atom stereocenters. The normalized spacial score (nSPS) is 24.2. The quantitative estimate of drug-likeness (QED) is 0.418. The summed E-state index contributed by atoms with van der Waals surface area (Å²) in [5.74, 6) is -0.794. The van der Waals surface area contributed by atoms with Crippen molar-refractivity contribution in [3.63, 3.8) is 0 Å². The Bertz CT molecular complexity index is 206. The SMILES string of the molecule is NC(=O)CN1CCNC(N)C1=O. The van der Waals surface area contributed by atoms with Gasteiger partial charge < -0.3 is 16.4 Å². The Morgan fingerprint density at radius 3 is 3.00 bits per heavy atom. The van der Waals surface area contributed by atoms with E-state index in [0.717, 1.165) is 0 Å². The van der Waals surface area contributed by atoms with Gasteiger partial charge in [0.25, 0.3) is 5.91 Å². The summed E-state index contributed by atoms with van der Waals surface area (Å²) in [6.07, 6.45) is -0.696. The fraction of sp³-hybridized carbons (Fsp3) is 0.667. The number of amides is 2. The first-order valence-corrected chi connectivity index (χ1v) is 3.67. The molecular formula is C6H12N4O2. The fourth-order valence-electron chi connectivity index (χ4n) is 1.09. The van der Waals surface area contributed by atoms with E-state index in [0.29, 0.717) is 13.1 Å². The second kappa shape index (κ2) is 3.51. The Kier molecular flexibility index (Phi) is 2.61. The molecule has 1 saturated heterocycles. The van der Waals surface area contributed by atoms with E-state index in [1.165, 1.54) is 4.90 Å². The molecule has 1 fully saturated rings. The maximum absolute atomic E-state index is 11.2. The highest BCUT2D eigenvalue weighted by molar-refractivity contribution is 5.87. The average molecular weight is 172 g/mol. The number of nitrogens with two attached hydrogens (primary N) is 2. The molecule has 1 heterocycles. The second-order valence-corrected chi connectivity index (χ2v) is 2.66. The van der Waals surface area contributed by atoms with Crippen LogP contribution >= 0.6 is 0 Å². The highest BCUT2D eigenvalue weighted by Crippen LogP contribution is 1.95. The zero-order chi connectivity index (χ0) is 9.14. The molecule has 2 amide bonds. The number of carbonyl (C=O) groups is 2. The van der Waals surface area contributed by atoms with Crippen LogP contribution in [0.2, 0.25) is 0 Å². The van der Waals surface area contributed by atoms with Gasteiger partial charge in [-0.15, -0.1) is 0 Å². The van der Waals surface area contributed by atoms with Gasteiger partial charge in [0, 0.05) is 13.1 Å². The number of hydrogen-bond donors (Lipinski definition) is 3. The first-order chi connectivity index (χ1) is 5.61. The molecular weight excluding hydrogens is 160 g/mol. The number of carbonyl (C=O) groups excluding carboxylic acids is 2. The third-order valence-electron chi connectivity index (χ3n) is 1.67. The lowest BCUT2D eigenvalue weighted by Gasteiger charge is -2.30. The van der Waals surface area contributed by atoms with E-state index < -0.39 is 12.1 Å². The molecule has 1 atom stereocenters.